The number of carbonyl (C=O) groups excluding carboxylic acids is 5. The molecule has 2 saturated heterocycles. The van der Waals surface area contributed by atoms with Crippen LogP contribution < -0.4 is 10.6 Å². The Balaban J connectivity index is 1.47. The molecule has 15 heteroatoms. The summed E-state index contributed by atoms with van der Waals surface area (Å²) in [6.45, 7) is 9.14. The van der Waals surface area contributed by atoms with Gasteiger partial charge in [0.25, 0.3) is 0 Å². The summed E-state index contributed by atoms with van der Waals surface area (Å²) >= 11 is 17.1. The van der Waals surface area contributed by atoms with Crippen LogP contribution in [0.15, 0.2) is 36.4 Å². The zero-order valence-electron chi connectivity index (χ0n) is 30.2. The first-order valence-electron chi connectivity index (χ1n) is 17.6. The Labute approximate surface area is 319 Å². The highest BCUT2D eigenvalue weighted by molar-refractivity contribution is 6.67. The Hall–Kier alpha value is -3.45. The number of carbonyl (C=O) groups is 5. The summed E-state index contributed by atoms with van der Waals surface area (Å²) in [5.74, 6) is -2.82. The number of aliphatic hydroxyl groups excluding tert-OH is 1. The lowest BCUT2D eigenvalue weighted by Gasteiger charge is -2.39. The van der Waals surface area contributed by atoms with Gasteiger partial charge in [0.05, 0.1) is 28.6 Å². The second kappa shape index (κ2) is 17.6. The van der Waals surface area contributed by atoms with E-state index in [9.17, 15) is 29.1 Å². The van der Waals surface area contributed by atoms with E-state index in [0.717, 1.165) is 10.9 Å². The van der Waals surface area contributed by atoms with Crippen molar-refractivity contribution in [2.24, 2.45) is 17.3 Å². The molecule has 2 aromatic rings. The number of aromatic nitrogens is 1. The standard InChI is InChI=1S/C37H48Cl3N5O7/c1-22(2)31(32(48)41-23(3)33(49)45-16-6-7-28(20-45)34(50)52-21-37(38,39)40)43-35(51)36(14-17-44(18-15-36)25(5)47)13-12-26-8-9-27-10-11-29(24(4)46)42-30(27)19-26/h8-13,19,22-24,28,31,46H,6-7,14-18,20-21H2,1-5H3,(H,41,48)(H,43,51)/t23-,24+,28+,31-/m0/s1. The van der Waals surface area contributed by atoms with Crippen molar-refractivity contribution in [2.45, 2.75) is 82.3 Å². The molecular weight excluding hydrogens is 733 g/mol. The first-order chi connectivity index (χ1) is 24.4. The van der Waals surface area contributed by atoms with Crippen molar-refractivity contribution in [1.82, 2.24) is 25.4 Å². The molecule has 284 valence electrons. The minimum atomic E-state index is -1.75. The SMILES string of the molecule is CC(=O)N1CCC(C=Cc2ccc3ccc([C@@H](C)O)nc3c2)(C(=O)N[C@H](C(=O)N[C@@H](C)C(=O)N2CCC[C@@H](C(=O)OCC(Cl)(Cl)Cl)C2)C(C)C)CC1. The molecule has 2 aliphatic heterocycles. The maximum Gasteiger partial charge on any atom is 0.310 e. The third-order valence-corrected chi connectivity index (χ3v) is 10.1. The summed E-state index contributed by atoms with van der Waals surface area (Å²) < 4.78 is 3.38. The minimum Gasteiger partial charge on any atom is -0.461 e. The summed E-state index contributed by atoms with van der Waals surface area (Å²) in [6.07, 6.45) is 4.72. The maximum atomic E-state index is 14.2. The molecule has 4 atom stereocenters. The number of alkyl halides is 3. The Morgan fingerprint density at radius 2 is 1.69 bits per heavy atom. The normalized spacial score (nSPS) is 19.6. The van der Waals surface area contributed by atoms with E-state index in [2.05, 4.69) is 15.6 Å². The van der Waals surface area contributed by atoms with Gasteiger partial charge in [-0.25, -0.2) is 0 Å². The molecule has 2 fully saturated rings. The molecule has 2 aliphatic rings. The number of nitrogens with one attached hydrogen (secondary N) is 2. The number of ether oxygens (including phenoxy) is 1. The fourth-order valence-electron chi connectivity index (χ4n) is 6.53. The van der Waals surface area contributed by atoms with Gasteiger partial charge in [0.2, 0.25) is 27.4 Å². The number of aliphatic hydroxyl groups is 1. The molecular formula is C37H48Cl3N5O7. The number of nitrogens with zero attached hydrogens (tertiary/aromatic N) is 3. The summed E-state index contributed by atoms with van der Waals surface area (Å²) in [4.78, 5) is 73.8. The summed E-state index contributed by atoms with van der Waals surface area (Å²) in [7, 11) is 0. The van der Waals surface area contributed by atoms with E-state index in [0.29, 0.717) is 56.5 Å². The lowest BCUT2D eigenvalue weighted by Crippen LogP contribution is -2.58. The van der Waals surface area contributed by atoms with E-state index in [1.807, 2.05) is 36.4 Å². The van der Waals surface area contributed by atoms with Crippen molar-refractivity contribution in [2.75, 3.05) is 32.8 Å². The van der Waals surface area contributed by atoms with Crippen LogP contribution in [0.2, 0.25) is 0 Å². The largest absolute Gasteiger partial charge is 0.461 e. The molecule has 0 aliphatic carbocycles. The van der Waals surface area contributed by atoms with Crippen LogP contribution in [0.3, 0.4) is 0 Å². The van der Waals surface area contributed by atoms with E-state index >= 15 is 0 Å². The molecule has 12 nitrogen and oxygen atoms in total. The average molecular weight is 781 g/mol. The van der Waals surface area contributed by atoms with Crippen LogP contribution in [0.25, 0.3) is 17.0 Å². The quantitative estimate of drug-likeness (QED) is 0.218. The number of hydrogen-bond acceptors (Lipinski definition) is 8. The van der Waals surface area contributed by atoms with Crippen molar-refractivity contribution >= 4 is 81.4 Å². The minimum absolute atomic E-state index is 0.0784. The fraction of sp³-hybridized carbons (Fsp3) is 0.568. The monoisotopic (exact) mass is 779 g/mol. The van der Waals surface area contributed by atoms with Crippen molar-refractivity contribution in [3.05, 3.63) is 47.7 Å². The Bertz CT molecular complexity index is 1670. The molecule has 0 saturated carbocycles. The lowest BCUT2D eigenvalue weighted by molar-refractivity contribution is -0.152. The van der Waals surface area contributed by atoms with Crippen LogP contribution in [0.4, 0.5) is 0 Å². The first-order valence-corrected chi connectivity index (χ1v) is 18.7. The van der Waals surface area contributed by atoms with Gasteiger partial charge in [-0.3, -0.25) is 29.0 Å². The van der Waals surface area contributed by atoms with Gasteiger partial charge in [-0.2, -0.15) is 0 Å². The lowest BCUT2D eigenvalue weighted by atomic mass is 9.76. The van der Waals surface area contributed by atoms with Crippen molar-refractivity contribution in [3.8, 4) is 0 Å². The van der Waals surface area contributed by atoms with E-state index in [4.69, 9.17) is 39.5 Å². The number of fused-ring (bicyclic) bond motifs is 1. The van der Waals surface area contributed by atoms with Gasteiger partial charge in [-0.15, -0.1) is 0 Å². The van der Waals surface area contributed by atoms with E-state index in [-0.39, 0.29) is 30.2 Å². The number of pyridine rings is 1. The Morgan fingerprint density at radius 3 is 2.31 bits per heavy atom. The molecule has 4 rings (SSSR count). The number of piperidine rings is 2. The Morgan fingerprint density at radius 1 is 1.02 bits per heavy atom. The van der Waals surface area contributed by atoms with Crippen LogP contribution in [-0.2, 0) is 28.7 Å². The van der Waals surface area contributed by atoms with E-state index < -0.39 is 51.8 Å². The fourth-order valence-corrected chi connectivity index (χ4v) is 6.69. The average Bonchev–Trinajstić information content (AvgIpc) is 3.10. The van der Waals surface area contributed by atoms with Gasteiger partial charge >= 0.3 is 5.97 Å². The third-order valence-electron chi connectivity index (χ3n) is 9.72. The van der Waals surface area contributed by atoms with Gasteiger partial charge in [0, 0.05) is 38.5 Å². The highest BCUT2D eigenvalue weighted by atomic mass is 35.6. The number of amides is 4. The summed E-state index contributed by atoms with van der Waals surface area (Å²) in [6, 6.07) is 7.49. The predicted octanol–water partition coefficient (Wildman–Crippen LogP) is 4.73. The molecule has 1 aromatic carbocycles. The van der Waals surface area contributed by atoms with Crippen LogP contribution >= 0.6 is 34.8 Å². The molecule has 0 unspecified atom stereocenters. The number of rotatable bonds is 11. The second-order valence-electron chi connectivity index (χ2n) is 14.1. The molecule has 0 bridgehead atoms. The number of halogens is 3. The van der Waals surface area contributed by atoms with Crippen LogP contribution in [0.5, 0.6) is 0 Å². The number of likely N-dealkylation sites (tertiary alicyclic amines) is 2. The van der Waals surface area contributed by atoms with Crippen LogP contribution in [0.1, 0.15) is 77.7 Å². The van der Waals surface area contributed by atoms with Gasteiger partial charge in [-0.1, -0.05) is 79.0 Å². The van der Waals surface area contributed by atoms with Gasteiger partial charge < -0.3 is 30.3 Å². The summed E-state index contributed by atoms with van der Waals surface area (Å²) in [5, 5.41) is 16.6. The van der Waals surface area contributed by atoms with Crippen LogP contribution in [-0.4, -0.2) is 98.2 Å². The zero-order chi connectivity index (χ0) is 38.4. The molecule has 1 aromatic heterocycles. The smallest absolute Gasteiger partial charge is 0.310 e. The number of benzene rings is 1. The third kappa shape index (κ3) is 10.8. The van der Waals surface area contributed by atoms with Gasteiger partial charge in [0.1, 0.15) is 18.7 Å². The van der Waals surface area contributed by atoms with Gasteiger partial charge in [0.15, 0.2) is 0 Å². The molecule has 4 amide bonds. The number of hydrogen-bond donors (Lipinski definition) is 3. The first kappa shape index (κ1) is 41.3. The van der Waals surface area contributed by atoms with Crippen molar-refractivity contribution < 1.29 is 33.8 Å². The predicted molar refractivity (Wildman–Crippen MR) is 200 cm³/mol. The highest BCUT2D eigenvalue weighted by Gasteiger charge is 2.42. The number of esters is 1. The van der Waals surface area contributed by atoms with Crippen LogP contribution in [0, 0.1) is 17.3 Å². The Kier molecular flexibility index (Phi) is 14.0. The molecule has 52 heavy (non-hydrogen) atoms. The molecule has 3 N–H and O–H groups in total. The second-order valence-corrected chi connectivity index (χ2v) is 16.6. The molecule has 0 spiro atoms. The highest BCUT2D eigenvalue weighted by Crippen LogP contribution is 2.35. The topological polar surface area (TPSA) is 158 Å². The molecule has 0 radical (unpaired) electrons. The van der Waals surface area contributed by atoms with E-state index in [1.54, 1.807) is 38.7 Å². The van der Waals surface area contributed by atoms with Crippen molar-refractivity contribution in [1.29, 1.82) is 0 Å². The zero-order valence-corrected chi connectivity index (χ0v) is 32.4. The summed E-state index contributed by atoms with van der Waals surface area (Å²) in [5.41, 5.74) is 1.02. The van der Waals surface area contributed by atoms with E-state index in [1.165, 1.54) is 11.8 Å². The van der Waals surface area contributed by atoms with Gasteiger partial charge in [-0.05, 0) is 63.1 Å². The maximum absolute atomic E-state index is 14.2. The molecule has 3 heterocycles. The van der Waals surface area contributed by atoms with Crippen molar-refractivity contribution in [3.63, 3.8) is 0 Å².